The third-order valence-corrected chi connectivity index (χ3v) is 4.37. The molecule has 1 saturated heterocycles. The van der Waals surface area contributed by atoms with E-state index in [1.54, 1.807) is 7.11 Å². The van der Waals surface area contributed by atoms with E-state index < -0.39 is 11.4 Å². The number of benzene rings is 1. The second-order valence-corrected chi connectivity index (χ2v) is 5.78. The van der Waals surface area contributed by atoms with Crippen LogP contribution >= 0.6 is 0 Å². The van der Waals surface area contributed by atoms with Crippen molar-refractivity contribution in [2.75, 3.05) is 26.8 Å². The number of rotatable bonds is 5. The van der Waals surface area contributed by atoms with Gasteiger partial charge in [-0.3, -0.25) is 9.69 Å². The first-order chi connectivity index (χ1) is 9.57. The van der Waals surface area contributed by atoms with Gasteiger partial charge >= 0.3 is 5.97 Å². The minimum Gasteiger partial charge on any atom is -0.481 e. The van der Waals surface area contributed by atoms with E-state index in [1.165, 1.54) is 5.56 Å². The molecule has 0 aliphatic carbocycles. The van der Waals surface area contributed by atoms with E-state index >= 15 is 0 Å². The zero-order valence-corrected chi connectivity index (χ0v) is 12.2. The molecule has 110 valence electrons. The van der Waals surface area contributed by atoms with Crippen LogP contribution in [0.5, 0.6) is 0 Å². The molecule has 1 heterocycles. The fraction of sp³-hybridized carbons (Fsp3) is 0.562. The Morgan fingerprint density at radius 1 is 1.35 bits per heavy atom. The van der Waals surface area contributed by atoms with Crippen LogP contribution in [-0.2, 0) is 9.53 Å². The smallest absolute Gasteiger partial charge is 0.309 e. The number of carboxylic acids is 1. The van der Waals surface area contributed by atoms with E-state index in [-0.39, 0.29) is 6.04 Å². The Hall–Kier alpha value is -1.39. The second-order valence-electron chi connectivity index (χ2n) is 5.78. The summed E-state index contributed by atoms with van der Waals surface area (Å²) in [6.07, 6.45) is 1.38. The van der Waals surface area contributed by atoms with E-state index in [1.807, 2.05) is 25.1 Å². The molecule has 4 heteroatoms. The molecule has 1 atom stereocenters. The molecular weight excluding hydrogens is 254 g/mol. The van der Waals surface area contributed by atoms with Crippen LogP contribution in [0.25, 0.3) is 0 Å². The van der Waals surface area contributed by atoms with Gasteiger partial charge in [0.1, 0.15) is 0 Å². The molecule has 1 fully saturated rings. The Morgan fingerprint density at radius 3 is 2.45 bits per heavy atom. The molecule has 2 rings (SSSR count). The summed E-state index contributed by atoms with van der Waals surface area (Å²) in [5, 5.41) is 9.30. The number of aliphatic carboxylic acids is 1. The second kappa shape index (κ2) is 6.37. The lowest BCUT2D eigenvalue weighted by molar-refractivity contribution is -0.151. The minimum absolute atomic E-state index is 0.208. The Bertz CT molecular complexity index is 438. The Labute approximate surface area is 120 Å². The lowest BCUT2D eigenvalue weighted by atomic mass is 9.80. The van der Waals surface area contributed by atoms with Crippen LogP contribution in [-0.4, -0.2) is 42.8 Å². The molecule has 0 amide bonds. The molecule has 1 aromatic rings. The van der Waals surface area contributed by atoms with Gasteiger partial charge in [-0.2, -0.15) is 0 Å². The average molecular weight is 277 g/mol. The van der Waals surface area contributed by atoms with Crippen LogP contribution in [0.3, 0.4) is 0 Å². The molecular formula is C16H23NO3. The van der Waals surface area contributed by atoms with Gasteiger partial charge in [-0.1, -0.05) is 30.3 Å². The van der Waals surface area contributed by atoms with Crippen molar-refractivity contribution in [2.24, 2.45) is 5.41 Å². The predicted molar refractivity (Wildman–Crippen MR) is 77.6 cm³/mol. The van der Waals surface area contributed by atoms with Gasteiger partial charge in [-0.15, -0.1) is 0 Å². The number of hydrogen-bond donors (Lipinski definition) is 1. The molecule has 0 radical (unpaired) electrons. The maximum atomic E-state index is 11.3. The van der Waals surface area contributed by atoms with E-state index in [4.69, 9.17) is 4.74 Å². The number of methoxy groups -OCH3 is 1. The van der Waals surface area contributed by atoms with Gasteiger partial charge in [0.2, 0.25) is 0 Å². The molecule has 0 saturated carbocycles. The van der Waals surface area contributed by atoms with Crippen LogP contribution < -0.4 is 0 Å². The van der Waals surface area contributed by atoms with Crippen molar-refractivity contribution in [3.05, 3.63) is 35.9 Å². The highest BCUT2D eigenvalue weighted by Gasteiger charge is 2.38. The van der Waals surface area contributed by atoms with Gasteiger partial charge < -0.3 is 9.84 Å². The van der Waals surface area contributed by atoms with Gasteiger partial charge in [-0.05, 0) is 38.4 Å². The van der Waals surface area contributed by atoms with Crippen molar-refractivity contribution in [3.8, 4) is 0 Å². The van der Waals surface area contributed by atoms with Crippen molar-refractivity contribution < 1.29 is 14.6 Å². The zero-order chi connectivity index (χ0) is 14.6. The van der Waals surface area contributed by atoms with Crippen molar-refractivity contribution in [1.82, 2.24) is 4.90 Å². The SMILES string of the molecule is COCC(c1ccccc1)N1CCC(C)(C(=O)O)CC1. The van der Waals surface area contributed by atoms with Crippen LogP contribution in [0.15, 0.2) is 30.3 Å². The highest BCUT2D eigenvalue weighted by molar-refractivity contribution is 5.74. The first-order valence-electron chi connectivity index (χ1n) is 7.08. The lowest BCUT2D eigenvalue weighted by Crippen LogP contribution is -2.45. The third-order valence-electron chi connectivity index (χ3n) is 4.37. The monoisotopic (exact) mass is 277 g/mol. The maximum absolute atomic E-state index is 11.3. The van der Waals surface area contributed by atoms with E-state index in [0.29, 0.717) is 19.4 Å². The van der Waals surface area contributed by atoms with Crippen LogP contribution in [0.4, 0.5) is 0 Å². The van der Waals surface area contributed by atoms with E-state index in [0.717, 1.165) is 13.1 Å². The van der Waals surface area contributed by atoms with Gasteiger partial charge in [0, 0.05) is 7.11 Å². The molecule has 0 aromatic heterocycles. The predicted octanol–water partition coefficient (Wildman–Crippen LogP) is 2.56. The Morgan fingerprint density at radius 2 is 1.95 bits per heavy atom. The van der Waals surface area contributed by atoms with Crippen LogP contribution in [0.2, 0.25) is 0 Å². The normalized spacial score (nSPS) is 20.5. The zero-order valence-electron chi connectivity index (χ0n) is 12.2. The van der Waals surface area contributed by atoms with Crippen LogP contribution in [0, 0.1) is 5.41 Å². The minimum atomic E-state index is -0.680. The highest BCUT2D eigenvalue weighted by atomic mass is 16.5. The molecule has 0 bridgehead atoms. The number of carboxylic acid groups (broad SMARTS) is 1. The number of nitrogens with zero attached hydrogens (tertiary/aromatic N) is 1. The standard InChI is InChI=1S/C16H23NO3/c1-16(15(18)19)8-10-17(11-9-16)14(12-20-2)13-6-4-3-5-7-13/h3-7,14H,8-12H2,1-2H3,(H,18,19). The first kappa shape index (κ1) is 15.0. The van der Waals surface area contributed by atoms with Gasteiger partial charge in [0.25, 0.3) is 0 Å². The van der Waals surface area contributed by atoms with E-state index in [9.17, 15) is 9.90 Å². The van der Waals surface area contributed by atoms with Crippen LogP contribution in [0.1, 0.15) is 31.4 Å². The summed E-state index contributed by atoms with van der Waals surface area (Å²) < 4.78 is 5.35. The summed E-state index contributed by atoms with van der Waals surface area (Å²) in [6, 6.07) is 10.5. The highest BCUT2D eigenvalue weighted by Crippen LogP contribution is 2.34. The summed E-state index contributed by atoms with van der Waals surface area (Å²) in [6.45, 7) is 4.08. The Balaban J connectivity index is 2.08. The molecule has 4 nitrogen and oxygen atoms in total. The number of ether oxygens (including phenoxy) is 1. The molecule has 1 aliphatic rings. The summed E-state index contributed by atoms with van der Waals surface area (Å²) >= 11 is 0. The molecule has 1 N–H and O–H groups in total. The average Bonchev–Trinajstić information content (AvgIpc) is 2.47. The quantitative estimate of drug-likeness (QED) is 0.898. The molecule has 1 aliphatic heterocycles. The number of likely N-dealkylation sites (tertiary alicyclic amines) is 1. The lowest BCUT2D eigenvalue weighted by Gasteiger charge is -2.40. The molecule has 1 unspecified atom stereocenters. The summed E-state index contributed by atoms with van der Waals surface area (Å²) in [7, 11) is 1.71. The summed E-state index contributed by atoms with van der Waals surface area (Å²) in [5.41, 5.74) is 0.651. The number of carbonyl (C=O) groups is 1. The fourth-order valence-corrected chi connectivity index (χ4v) is 2.79. The van der Waals surface area contributed by atoms with Crippen molar-refractivity contribution >= 4 is 5.97 Å². The topological polar surface area (TPSA) is 49.8 Å². The maximum Gasteiger partial charge on any atom is 0.309 e. The van der Waals surface area contributed by atoms with Gasteiger partial charge in [0.05, 0.1) is 18.1 Å². The summed E-state index contributed by atoms with van der Waals surface area (Å²) in [4.78, 5) is 13.6. The third kappa shape index (κ3) is 3.19. The molecule has 0 spiro atoms. The van der Waals surface area contributed by atoms with Crippen molar-refractivity contribution in [3.63, 3.8) is 0 Å². The largest absolute Gasteiger partial charge is 0.481 e. The van der Waals surface area contributed by atoms with E-state index in [2.05, 4.69) is 17.0 Å². The summed E-state index contributed by atoms with van der Waals surface area (Å²) in [5.74, 6) is -0.680. The van der Waals surface area contributed by atoms with Gasteiger partial charge in [0.15, 0.2) is 0 Å². The van der Waals surface area contributed by atoms with Crippen molar-refractivity contribution in [2.45, 2.75) is 25.8 Å². The van der Waals surface area contributed by atoms with Gasteiger partial charge in [-0.25, -0.2) is 0 Å². The fourth-order valence-electron chi connectivity index (χ4n) is 2.79. The molecule has 1 aromatic carbocycles. The Kier molecular flexibility index (Phi) is 4.78. The number of piperidine rings is 1. The number of hydrogen-bond acceptors (Lipinski definition) is 3. The van der Waals surface area contributed by atoms with Crippen molar-refractivity contribution in [1.29, 1.82) is 0 Å². The molecule has 20 heavy (non-hydrogen) atoms. The first-order valence-corrected chi connectivity index (χ1v) is 7.08.